The van der Waals surface area contributed by atoms with Crippen LogP contribution in [0, 0.1) is 0 Å². The summed E-state index contributed by atoms with van der Waals surface area (Å²) < 4.78 is 7.14. The molecule has 1 aliphatic heterocycles. The molecule has 2 nitrogen and oxygen atoms in total. The van der Waals surface area contributed by atoms with Crippen LogP contribution in [0.1, 0.15) is 14.2 Å². The minimum Gasteiger partial charge on any atom is -0.393 e. The van der Waals surface area contributed by atoms with Gasteiger partial charge in [-0.2, -0.15) is 0 Å². The molecule has 1 heterocycles. The molecule has 0 aromatic carbocycles. The predicted octanol–water partition coefficient (Wildman–Crippen LogP) is -0.269. The Morgan fingerprint density at radius 3 is 2.43 bits per heavy atom. The molecule has 1 aliphatic rings. The fourth-order valence-corrected chi connectivity index (χ4v) is 0.715. The van der Waals surface area contributed by atoms with Gasteiger partial charge in [0, 0.05) is 0 Å². The molecule has 0 atom stereocenters. The first-order chi connectivity index (χ1) is 3.71. The molecule has 7 heavy (non-hydrogen) atoms. The van der Waals surface area contributed by atoms with Crippen molar-refractivity contribution in [2.45, 2.75) is 18.9 Å². The highest BCUT2D eigenvalue weighted by atomic mass is 16.3. The Balaban J connectivity index is 2.33. The summed E-state index contributed by atoms with van der Waals surface area (Å²) in [6, 6.07) is 0. The highest BCUT2D eigenvalue weighted by Gasteiger charge is 2.06. The summed E-state index contributed by atoms with van der Waals surface area (Å²) >= 11 is 0. The lowest BCUT2D eigenvalue weighted by atomic mass is 10.1. The first-order valence-corrected chi connectivity index (χ1v) is 2.64. The Labute approximate surface area is 44.9 Å². The van der Waals surface area contributed by atoms with E-state index in [9.17, 15) is 0 Å². The number of aliphatic hydroxyl groups is 1. The first kappa shape index (κ1) is 3.87. The van der Waals surface area contributed by atoms with E-state index < -0.39 is 6.08 Å². The lowest BCUT2D eigenvalue weighted by Gasteiger charge is -2.16. The van der Waals surface area contributed by atoms with Crippen LogP contribution in [0.3, 0.4) is 0 Å². The van der Waals surface area contributed by atoms with Gasteiger partial charge in [-0.05, 0) is 25.9 Å². The van der Waals surface area contributed by atoms with Crippen molar-refractivity contribution >= 4 is 0 Å². The Morgan fingerprint density at radius 1 is 1.57 bits per heavy atom. The molecule has 0 bridgehead atoms. The van der Waals surface area contributed by atoms with Crippen molar-refractivity contribution < 1.29 is 6.48 Å². The molecule has 1 fully saturated rings. The SMILES string of the molecule is [2H]C1(O)CCNCC1. The third-order valence-corrected chi connectivity index (χ3v) is 1.18. The molecule has 1 rings (SSSR count). The molecule has 2 N–H and O–H groups in total. The first-order valence-electron chi connectivity index (χ1n) is 3.14. The van der Waals surface area contributed by atoms with Crippen molar-refractivity contribution in [1.82, 2.24) is 5.32 Å². The zero-order valence-electron chi connectivity index (χ0n) is 5.28. The third kappa shape index (κ3) is 1.45. The van der Waals surface area contributed by atoms with Crippen LogP contribution in [-0.4, -0.2) is 24.3 Å². The third-order valence-electron chi connectivity index (χ3n) is 1.18. The zero-order valence-corrected chi connectivity index (χ0v) is 4.28. The molecule has 0 spiro atoms. The van der Waals surface area contributed by atoms with Crippen LogP contribution in [0.5, 0.6) is 0 Å². The lowest BCUT2D eigenvalue weighted by Crippen LogP contribution is -2.30. The van der Waals surface area contributed by atoms with Crippen LogP contribution in [-0.2, 0) is 0 Å². The number of nitrogens with one attached hydrogen (secondary N) is 1. The summed E-state index contributed by atoms with van der Waals surface area (Å²) in [5.41, 5.74) is 0. The monoisotopic (exact) mass is 102 g/mol. The van der Waals surface area contributed by atoms with Gasteiger partial charge >= 0.3 is 0 Å². The van der Waals surface area contributed by atoms with Crippen LogP contribution in [0.15, 0.2) is 0 Å². The predicted molar refractivity (Wildman–Crippen MR) is 28.1 cm³/mol. The van der Waals surface area contributed by atoms with Gasteiger partial charge in [-0.1, -0.05) is 0 Å². The van der Waals surface area contributed by atoms with Gasteiger partial charge < -0.3 is 10.4 Å². The van der Waals surface area contributed by atoms with Crippen LogP contribution in [0.25, 0.3) is 0 Å². The molecule has 0 aromatic rings. The number of hydrogen-bond acceptors (Lipinski definition) is 2. The van der Waals surface area contributed by atoms with Gasteiger partial charge in [0.05, 0.1) is 7.45 Å². The number of hydrogen-bond donors (Lipinski definition) is 2. The Kier molecular flexibility index (Phi) is 1.26. The van der Waals surface area contributed by atoms with E-state index in [0.29, 0.717) is 12.8 Å². The standard InChI is InChI=1S/C5H11NO/c7-5-1-3-6-4-2-5/h5-7H,1-4H2/i5D. The molecule has 0 radical (unpaired) electrons. The van der Waals surface area contributed by atoms with Gasteiger partial charge in [0.15, 0.2) is 0 Å². The molecule has 0 amide bonds. The smallest absolute Gasteiger partial charge is 0.0601 e. The van der Waals surface area contributed by atoms with Gasteiger partial charge in [-0.15, -0.1) is 0 Å². The van der Waals surface area contributed by atoms with E-state index >= 15 is 0 Å². The summed E-state index contributed by atoms with van der Waals surface area (Å²) in [7, 11) is 0. The minimum atomic E-state index is -1.13. The maximum atomic E-state index is 9.00. The summed E-state index contributed by atoms with van der Waals surface area (Å²) in [5, 5.41) is 12.1. The molecule has 1 saturated heterocycles. The van der Waals surface area contributed by atoms with E-state index in [1.54, 1.807) is 0 Å². The van der Waals surface area contributed by atoms with Crippen LogP contribution in [0.2, 0.25) is 0 Å². The van der Waals surface area contributed by atoms with E-state index in [2.05, 4.69) is 5.32 Å². The normalized spacial score (nSPS) is 31.9. The average molecular weight is 102 g/mol. The topological polar surface area (TPSA) is 32.3 Å². The van der Waals surface area contributed by atoms with Gasteiger partial charge in [0.25, 0.3) is 0 Å². The molecular formula is C5H11NO. The zero-order chi connectivity index (χ0) is 6.04. The molecular weight excluding hydrogens is 90.1 g/mol. The fraction of sp³-hybridized carbons (Fsp3) is 1.00. The van der Waals surface area contributed by atoms with Crippen molar-refractivity contribution in [3.8, 4) is 0 Å². The summed E-state index contributed by atoms with van der Waals surface area (Å²) in [4.78, 5) is 0. The van der Waals surface area contributed by atoms with Crippen molar-refractivity contribution in [2.24, 2.45) is 0 Å². The maximum absolute atomic E-state index is 9.00. The summed E-state index contributed by atoms with van der Waals surface area (Å²) in [6.45, 7) is 1.56. The second kappa shape index (κ2) is 2.28. The minimum absolute atomic E-state index is 0.562. The van der Waals surface area contributed by atoms with Crippen LogP contribution in [0.4, 0.5) is 0 Å². The van der Waals surface area contributed by atoms with E-state index in [1.807, 2.05) is 0 Å². The Hall–Kier alpha value is -0.0800. The van der Waals surface area contributed by atoms with Gasteiger partial charge in [-0.25, -0.2) is 0 Å². The van der Waals surface area contributed by atoms with E-state index in [1.165, 1.54) is 0 Å². The highest BCUT2D eigenvalue weighted by Crippen LogP contribution is 1.99. The summed E-state index contributed by atoms with van der Waals surface area (Å²) in [5.74, 6) is 0. The Bertz CT molecular complexity index is 76.5. The van der Waals surface area contributed by atoms with Crippen molar-refractivity contribution in [3.05, 3.63) is 0 Å². The van der Waals surface area contributed by atoms with Crippen molar-refractivity contribution in [1.29, 1.82) is 0 Å². The maximum Gasteiger partial charge on any atom is 0.0601 e. The second-order valence-electron chi connectivity index (χ2n) is 1.82. The van der Waals surface area contributed by atoms with E-state index in [0.717, 1.165) is 13.1 Å². The van der Waals surface area contributed by atoms with Crippen LogP contribution < -0.4 is 5.32 Å². The molecule has 0 aliphatic carbocycles. The van der Waals surface area contributed by atoms with Crippen molar-refractivity contribution in [3.63, 3.8) is 0 Å². The second-order valence-corrected chi connectivity index (χ2v) is 1.82. The molecule has 2 heteroatoms. The quantitative estimate of drug-likeness (QED) is 0.441. The van der Waals surface area contributed by atoms with Crippen molar-refractivity contribution in [2.75, 3.05) is 13.1 Å². The van der Waals surface area contributed by atoms with Crippen LogP contribution >= 0.6 is 0 Å². The lowest BCUT2D eigenvalue weighted by molar-refractivity contribution is 0.137. The average Bonchev–Trinajstić information content (AvgIpc) is 1.65. The van der Waals surface area contributed by atoms with Gasteiger partial charge in [0.2, 0.25) is 0 Å². The molecule has 0 saturated carbocycles. The molecule has 0 aromatic heterocycles. The van der Waals surface area contributed by atoms with Gasteiger partial charge in [-0.3, -0.25) is 0 Å². The number of piperidine rings is 1. The molecule has 42 valence electrons. The largest absolute Gasteiger partial charge is 0.393 e. The number of rotatable bonds is 0. The fourth-order valence-electron chi connectivity index (χ4n) is 0.715. The Morgan fingerprint density at radius 2 is 2.14 bits per heavy atom. The van der Waals surface area contributed by atoms with E-state index in [-0.39, 0.29) is 0 Å². The molecule has 0 unspecified atom stereocenters. The highest BCUT2D eigenvalue weighted by molar-refractivity contribution is 4.65. The van der Waals surface area contributed by atoms with Gasteiger partial charge in [0.1, 0.15) is 0 Å². The summed E-state index contributed by atoms with van der Waals surface area (Å²) in [6.07, 6.45) is -0.00868. The van der Waals surface area contributed by atoms with E-state index in [4.69, 9.17) is 6.48 Å².